The van der Waals surface area contributed by atoms with Gasteiger partial charge in [-0.05, 0) is 54.7 Å². The second kappa shape index (κ2) is 9.07. The molecule has 0 radical (unpaired) electrons. The molecule has 1 saturated heterocycles. The van der Waals surface area contributed by atoms with Crippen molar-refractivity contribution in [2.45, 2.75) is 43.5 Å². The van der Waals surface area contributed by atoms with Gasteiger partial charge in [0.25, 0.3) is 5.91 Å². The van der Waals surface area contributed by atoms with Gasteiger partial charge in [0.1, 0.15) is 0 Å². The molecule has 1 aliphatic heterocycles. The third-order valence-corrected chi connectivity index (χ3v) is 7.17. The smallest absolute Gasteiger partial charge is 0.255 e. The molecule has 1 aliphatic rings. The summed E-state index contributed by atoms with van der Waals surface area (Å²) in [7, 11) is -2.11. The fraction of sp³-hybridized carbons (Fsp3) is 0.409. The van der Waals surface area contributed by atoms with Crippen LogP contribution < -0.4 is 5.32 Å². The van der Waals surface area contributed by atoms with Gasteiger partial charge in [0.2, 0.25) is 10.0 Å². The molecule has 1 atom stereocenters. The number of ether oxygens (including phenoxy) is 1. The van der Waals surface area contributed by atoms with Gasteiger partial charge in [-0.15, -0.1) is 0 Å². The van der Waals surface area contributed by atoms with E-state index in [0.29, 0.717) is 30.3 Å². The van der Waals surface area contributed by atoms with Gasteiger partial charge < -0.3 is 10.1 Å². The van der Waals surface area contributed by atoms with Gasteiger partial charge in [-0.2, -0.15) is 4.31 Å². The Bertz CT molecular complexity index is 955. The van der Waals surface area contributed by atoms with E-state index in [1.165, 1.54) is 22.0 Å². The maximum absolute atomic E-state index is 13.1. The maximum Gasteiger partial charge on any atom is 0.255 e. The standard InChI is InChI=1S/C22H28N2O4S/c1-16(2)17-9-11-19(12-10-17)23-22(25)18-6-4-8-21(14-18)29(26,27)24-13-5-7-20(24)15-28-3/h4,6,8-12,14,16,20H,5,7,13,15H2,1-3H3,(H,23,25)/t20-/m1/s1. The van der Waals surface area contributed by atoms with Crippen LogP contribution in [0.25, 0.3) is 0 Å². The number of anilines is 1. The summed E-state index contributed by atoms with van der Waals surface area (Å²) in [4.78, 5) is 12.8. The van der Waals surface area contributed by atoms with Gasteiger partial charge in [-0.25, -0.2) is 8.42 Å². The minimum Gasteiger partial charge on any atom is -0.383 e. The number of carbonyl (C=O) groups excluding carboxylic acids is 1. The molecule has 1 heterocycles. The molecule has 0 aliphatic carbocycles. The zero-order valence-corrected chi connectivity index (χ0v) is 17.9. The van der Waals surface area contributed by atoms with Gasteiger partial charge in [-0.1, -0.05) is 32.0 Å². The highest BCUT2D eigenvalue weighted by Crippen LogP contribution is 2.27. The molecule has 2 aromatic carbocycles. The Balaban J connectivity index is 1.78. The molecule has 156 valence electrons. The van der Waals surface area contributed by atoms with E-state index in [0.717, 1.165) is 12.8 Å². The Morgan fingerprint density at radius 1 is 1.21 bits per heavy atom. The first-order valence-corrected chi connectivity index (χ1v) is 11.3. The van der Waals surface area contributed by atoms with Crippen LogP contribution in [0.1, 0.15) is 48.5 Å². The minimum atomic E-state index is -3.68. The molecular weight excluding hydrogens is 388 g/mol. The van der Waals surface area contributed by atoms with Crippen molar-refractivity contribution in [3.05, 3.63) is 59.7 Å². The van der Waals surface area contributed by atoms with Gasteiger partial charge >= 0.3 is 0 Å². The van der Waals surface area contributed by atoms with E-state index in [1.54, 1.807) is 19.2 Å². The van der Waals surface area contributed by atoms with Gasteiger partial charge in [0, 0.05) is 30.9 Å². The largest absolute Gasteiger partial charge is 0.383 e. The van der Waals surface area contributed by atoms with E-state index in [9.17, 15) is 13.2 Å². The molecule has 1 N–H and O–H groups in total. The van der Waals surface area contributed by atoms with Crippen LogP contribution >= 0.6 is 0 Å². The second-order valence-electron chi connectivity index (χ2n) is 7.63. The summed E-state index contributed by atoms with van der Waals surface area (Å²) in [5.41, 5.74) is 2.17. The number of hydrogen-bond donors (Lipinski definition) is 1. The number of nitrogens with one attached hydrogen (secondary N) is 1. The number of nitrogens with zero attached hydrogens (tertiary/aromatic N) is 1. The average molecular weight is 417 g/mol. The maximum atomic E-state index is 13.1. The molecule has 0 aromatic heterocycles. The number of carbonyl (C=O) groups is 1. The highest BCUT2D eigenvalue weighted by molar-refractivity contribution is 7.89. The average Bonchev–Trinajstić information content (AvgIpc) is 3.18. The fourth-order valence-corrected chi connectivity index (χ4v) is 5.30. The Hall–Kier alpha value is -2.22. The lowest BCUT2D eigenvalue weighted by molar-refractivity contribution is 0.102. The molecule has 29 heavy (non-hydrogen) atoms. The monoisotopic (exact) mass is 416 g/mol. The van der Waals surface area contributed by atoms with Crippen molar-refractivity contribution in [1.29, 1.82) is 0 Å². The predicted octanol–water partition coefficient (Wildman–Crippen LogP) is 3.86. The van der Waals surface area contributed by atoms with E-state index in [2.05, 4.69) is 19.2 Å². The number of sulfonamides is 1. The summed E-state index contributed by atoms with van der Waals surface area (Å²) in [6.45, 7) is 5.05. The quantitative estimate of drug-likeness (QED) is 0.744. The van der Waals surface area contributed by atoms with E-state index < -0.39 is 10.0 Å². The Morgan fingerprint density at radius 3 is 2.59 bits per heavy atom. The number of rotatable bonds is 7. The molecule has 3 rings (SSSR count). The molecular formula is C22H28N2O4S. The van der Waals surface area contributed by atoms with E-state index in [4.69, 9.17) is 4.74 Å². The van der Waals surface area contributed by atoms with Crippen molar-refractivity contribution in [2.24, 2.45) is 0 Å². The first kappa shape index (κ1) is 21.5. The summed E-state index contributed by atoms with van der Waals surface area (Å²) in [6, 6.07) is 13.7. The summed E-state index contributed by atoms with van der Waals surface area (Å²) in [5, 5.41) is 2.83. The third kappa shape index (κ3) is 4.86. The van der Waals surface area contributed by atoms with Crippen molar-refractivity contribution in [2.75, 3.05) is 25.6 Å². The molecule has 0 bridgehead atoms. The summed E-state index contributed by atoms with van der Waals surface area (Å²) >= 11 is 0. The van der Waals surface area contributed by atoms with E-state index >= 15 is 0 Å². The van der Waals surface area contributed by atoms with Crippen molar-refractivity contribution >= 4 is 21.6 Å². The number of amides is 1. The third-order valence-electron chi connectivity index (χ3n) is 5.22. The minimum absolute atomic E-state index is 0.128. The lowest BCUT2D eigenvalue weighted by Crippen LogP contribution is -2.38. The molecule has 2 aromatic rings. The highest BCUT2D eigenvalue weighted by Gasteiger charge is 2.35. The SMILES string of the molecule is COC[C@H]1CCCN1S(=O)(=O)c1cccc(C(=O)Nc2ccc(C(C)C)cc2)c1. The zero-order chi connectivity index (χ0) is 21.0. The molecule has 0 spiro atoms. The van der Waals surface area contributed by atoms with Crippen LogP contribution in [0.2, 0.25) is 0 Å². The highest BCUT2D eigenvalue weighted by atomic mass is 32.2. The molecule has 1 fully saturated rings. The van der Waals surface area contributed by atoms with Crippen LogP contribution in [0.3, 0.4) is 0 Å². The van der Waals surface area contributed by atoms with Crippen LogP contribution in [0, 0.1) is 0 Å². The van der Waals surface area contributed by atoms with Crippen molar-refractivity contribution in [3.63, 3.8) is 0 Å². The molecule has 0 saturated carbocycles. The molecule has 1 amide bonds. The molecule has 6 nitrogen and oxygen atoms in total. The fourth-order valence-electron chi connectivity index (χ4n) is 3.57. The van der Waals surface area contributed by atoms with Crippen LogP contribution in [-0.4, -0.2) is 44.9 Å². The van der Waals surface area contributed by atoms with Crippen LogP contribution in [0.15, 0.2) is 53.4 Å². The Kier molecular flexibility index (Phi) is 6.72. The number of hydrogen-bond acceptors (Lipinski definition) is 4. The van der Waals surface area contributed by atoms with Gasteiger partial charge in [0.05, 0.1) is 11.5 Å². The van der Waals surface area contributed by atoms with Crippen molar-refractivity contribution in [1.82, 2.24) is 4.31 Å². The van der Waals surface area contributed by atoms with Gasteiger partial charge in [-0.3, -0.25) is 4.79 Å². The molecule has 7 heteroatoms. The van der Waals surface area contributed by atoms with Gasteiger partial charge in [0.15, 0.2) is 0 Å². The second-order valence-corrected chi connectivity index (χ2v) is 9.52. The number of benzene rings is 2. The summed E-state index contributed by atoms with van der Waals surface area (Å²) in [5.74, 6) is 0.0726. The summed E-state index contributed by atoms with van der Waals surface area (Å²) < 4.78 is 32.8. The lowest BCUT2D eigenvalue weighted by Gasteiger charge is -2.23. The van der Waals surface area contributed by atoms with Crippen LogP contribution in [0.4, 0.5) is 5.69 Å². The first-order valence-electron chi connectivity index (χ1n) is 9.85. The lowest BCUT2D eigenvalue weighted by atomic mass is 10.0. The van der Waals surface area contributed by atoms with Crippen LogP contribution in [-0.2, 0) is 14.8 Å². The Morgan fingerprint density at radius 2 is 1.93 bits per heavy atom. The van der Waals surface area contributed by atoms with E-state index in [-0.39, 0.29) is 16.8 Å². The molecule has 0 unspecified atom stereocenters. The zero-order valence-electron chi connectivity index (χ0n) is 17.1. The van der Waals surface area contributed by atoms with Crippen LogP contribution in [0.5, 0.6) is 0 Å². The van der Waals surface area contributed by atoms with E-state index in [1.807, 2.05) is 24.3 Å². The first-order chi connectivity index (χ1) is 13.8. The van der Waals surface area contributed by atoms with Crippen molar-refractivity contribution < 1.29 is 17.9 Å². The topological polar surface area (TPSA) is 75.7 Å². The number of methoxy groups -OCH3 is 1. The normalized spacial score (nSPS) is 17.6. The predicted molar refractivity (Wildman–Crippen MR) is 114 cm³/mol. The summed E-state index contributed by atoms with van der Waals surface area (Å²) in [6.07, 6.45) is 1.58. The van der Waals surface area contributed by atoms with Crippen molar-refractivity contribution in [3.8, 4) is 0 Å². The Labute approximate surface area is 172 Å².